The molecule has 0 saturated heterocycles. The number of H-pyrrole nitrogens is 1. The summed E-state index contributed by atoms with van der Waals surface area (Å²) in [5.41, 5.74) is 2.10. The molecule has 0 aliphatic heterocycles. The van der Waals surface area contributed by atoms with Crippen molar-refractivity contribution >= 4 is 17.3 Å². The fourth-order valence-electron chi connectivity index (χ4n) is 1.46. The van der Waals surface area contributed by atoms with E-state index in [1.807, 2.05) is 19.9 Å². The lowest BCUT2D eigenvalue weighted by molar-refractivity contribution is -0.600. The van der Waals surface area contributed by atoms with Gasteiger partial charge < -0.3 is 9.90 Å². The smallest absolute Gasteiger partial charge is 0.390 e. The van der Waals surface area contributed by atoms with E-state index in [1.165, 1.54) is 0 Å². The van der Waals surface area contributed by atoms with Crippen LogP contribution in [-0.2, 0) is 0 Å². The number of aromatic amines is 1. The van der Waals surface area contributed by atoms with Crippen molar-refractivity contribution in [3.05, 3.63) is 44.1 Å². The highest BCUT2D eigenvalue weighted by molar-refractivity contribution is 7.11. The fourth-order valence-corrected chi connectivity index (χ4v) is 2.13. The van der Waals surface area contributed by atoms with Crippen molar-refractivity contribution in [1.82, 2.24) is 4.98 Å². The van der Waals surface area contributed by atoms with Gasteiger partial charge in [0.25, 0.3) is 0 Å². The largest absolute Gasteiger partial charge is 0.544 e. The highest BCUT2D eigenvalue weighted by atomic mass is 32.1. The van der Waals surface area contributed by atoms with E-state index in [9.17, 15) is 14.7 Å². The number of carboxylic acid groups (broad SMARTS) is 1. The SMILES string of the molecule is Cc1cc[n+](-c2[nH]c(=O)sc2C(=O)[O-])cc1C. The molecule has 0 aromatic carbocycles. The maximum absolute atomic E-state index is 11.2. The Hall–Kier alpha value is -1.95. The summed E-state index contributed by atoms with van der Waals surface area (Å²) in [7, 11) is 0. The van der Waals surface area contributed by atoms with Gasteiger partial charge in [-0.2, -0.15) is 4.98 Å². The number of carboxylic acids is 1. The van der Waals surface area contributed by atoms with E-state index in [2.05, 4.69) is 4.98 Å². The molecule has 0 amide bonds. The first-order chi connectivity index (χ1) is 7.99. The van der Waals surface area contributed by atoms with E-state index >= 15 is 0 Å². The third kappa shape index (κ3) is 2.12. The molecule has 17 heavy (non-hydrogen) atoms. The Kier molecular flexibility index (Phi) is 2.81. The predicted octanol–water partition coefficient (Wildman–Crippen LogP) is -0.307. The second kappa shape index (κ2) is 4.14. The third-order valence-corrected chi connectivity index (χ3v) is 3.37. The van der Waals surface area contributed by atoms with Gasteiger partial charge in [0.05, 0.1) is 18.4 Å². The van der Waals surface area contributed by atoms with E-state index in [0.29, 0.717) is 11.3 Å². The first-order valence-corrected chi connectivity index (χ1v) is 5.74. The van der Waals surface area contributed by atoms with E-state index in [0.717, 1.165) is 11.1 Å². The van der Waals surface area contributed by atoms with Gasteiger partial charge in [0, 0.05) is 0 Å². The number of carbonyl (C=O) groups excluding carboxylic acids is 1. The van der Waals surface area contributed by atoms with Crippen LogP contribution in [0, 0.1) is 13.8 Å². The number of aromatic carboxylic acids is 1. The van der Waals surface area contributed by atoms with Crippen LogP contribution >= 0.6 is 11.3 Å². The van der Waals surface area contributed by atoms with Gasteiger partial charge in [0.15, 0.2) is 0 Å². The summed E-state index contributed by atoms with van der Waals surface area (Å²) in [6, 6.07) is 1.85. The van der Waals surface area contributed by atoms with Gasteiger partial charge in [-0.25, -0.2) is 9.36 Å². The quantitative estimate of drug-likeness (QED) is 0.743. The van der Waals surface area contributed by atoms with E-state index < -0.39 is 10.8 Å². The second-order valence-electron chi connectivity index (χ2n) is 3.70. The van der Waals surface area contributed by atoms with Crippen LogP contribution in [0.3, 0.4) is 0 Å². The van der Waals surface area contributed by atoms with Gasteiger partial charge in [-0.1, -0.05) is 0 Å². The average Bonchev–Trinajstić information content (AvgIpc) is 2.64. The number of nitrogens with one attached hydrogen (secondary N) is 1. The van der Waals surface area contributed by atoms with Gasteiger partial charge in [-0.3, -0.25) is 0 Å². The molecule has 0 bridgehead atoms. The van der Waals surface area contributed by atoms with Crippen molar-refractivity contribution in [2.24, 2.45) is 0 Å². The average molecular weight is 250 g/mol. The molecule has 0 unspecified atom stereocenters. The first-order valence-electron chi connectivity index (χ1n) is 4.92. The molecule has 88 valence electrons. The Labute approximate surface area is 101 Å². The van der Waals surface area contributed by atoms with Crippen molar-refractivity contribution in [3.8, 4) is 5.82 Å². The zero-order valence-corrected chi connectivity index (χ0v) is 10.1. The lowest BCUT2D eigenvalue weighted by Crippen LogP contribution is -2.35. The van der Waals surface area contributed by atoms with Crippen LogP contribution in [0.1, 0.15) is 20.8 Å². The highest BCUT2D eigenvalue weighted by Gasteiger charge is 2.18. The monoisotopic (exact) mass is 250 g/mol. The minimum absolute atomic E-state index is 0.0942. The summed E-state index contributed by atoms with van der Waals surface area (Å²) in [4.78, 5) is 24.1. The minimum atomic E-state index is -1.35. The van der Waals surface area contributed by atoms with Crippen LogP contribution in [0.25, 0.3) is 5.82 Å². The number of aryl methyl sites for hydroxylation is 2. The van der Waals surface area contributed by atoms with E-state index in [4.69, 9.17) is 0 Å². The molecule has 2 aromatic heterocycles. The Morgan fingerprint density at radius 2 is 2.12 bits per heavy atom. The summed E-state index contributed by atoms with van der Waals surface area (Å²) < 4.78 is 1.57. The summed E-state index contributed by atoms with van der Waals surface area (Å²) in [6.45, 7) is 3.87. The maximum Gasteiger partial charge on any atom is 0.390 e. The molecule has 0 atom stereocenters. The zero-order valence-electron chi connectivity index (χ0n) is 9.31. The number of hydrogen-bond acceptors (Lipinski definition) is 4. The van der Waals surface area contributed by atoms with Crippen molar-refractivity contribution in [1.29, 1.82) is 0 Å². The standard InChI is InChI=1S/C11H10N2O3S/c1-6-3-4-13(5-7(6)2)9-8(10(14)15)17-11(16)12-9/h3-5H,1-2H3,(H-,12,14,15,16). The van der Waals surface area contributed by atoms with Crippen LogP contribution in [-0.4, -0.2) is 11.0 Å². The molecule has 2 aromatic rings. The third-order valence-electron chi connectivity index (χ3n) is 2.51. The van der Waals surface area contributed by atoms with Crippen molar-refractivity contribution in [2.45, 2.75) is 13.8 Å². The van der Waals surface area contributed by atoms with Gasteiger partial charge in [0.1, 0.15) is 4.88 Å². The Morgan fingerprint density at radius 3 is 2.71 bits per heavy atom. The summed E-state index contributed by atoms with van der Waals surface area (Å²) in [6.07, 6.45) is 3.46. The summed E-state index contributed by atoms with van der Waals surface area (Å²) in [5, 5.41) is 10.9. The number of rotatable bonds is 2. The molecule has 0 saturated carbocycles. The lowest BCUT2D eigenvalue weighted by atomic mass is 10.2. The number of hydrogen-bond donors (Lipinski definition) is 1. The molecule has 0 fully saturated rings. The summed E-state index contributed by atoms with van der Waals surface area (Å²) >= 11 is 0.633. The van der Waals surface area contributed by atoms with Gasteiger partial charge in [0.2, 0.25) is 0 Å². The second-order valence-corrected chi connectivity index (χ2v) is 4.68. The zero-order chi connectivity index (χ0) is 12.6. The van der Waals surface area contributed by atoms with E-state index in [1.54, 1.807) is 17.0 Å². The Morgan fingerprint density at radius 1 is 1.41 bits per heavy atom. The fraction of sp³-hybridized carbons (Fsp3) is 0.182. The molecule has 0 aliphatic rings. The number of thiazole rings is 1. The maximum atomic E-state index is 11.2. The van der Waals surface area contributed by atoms with Crippen LogP contribution in [0.5, 0.6) is 0 Å². The number of nitrogens with zero attached hydrogens (tertiary/aromatic N) is 1. The molecule has 0 spiro atoms. The van der Waals surface area contributed by atoms with Crippen LogP contribution < -0.4 is 14.5 Å². The van der Waals surface area contributed by atoms with Gasteiger partial charge >= 0.3 is 10.7 Å². The molecule has 2 heterocycles. The van der Waals surface area contributed by atoms with Crippen LogP contribution in [0.2, 0.25) is 0 Å². The minimum Gasteiger partial charge on any atom is -0.544 e. The number of carbonyl (C=O) groups is 1. The Bertz CT molecular complexity index is 642. The van der Waals surface area contributed by atoms with Crippen molar-refractivity contribution < 1.29 is 14.5 Å². The lowest BCUT2D eigenvalue weighted by Gasteiger charge is -2.02. The highest BCUT2D eigenvalue weighted by Crippen LogP contribution is 2.09. The molecule has 5 nitrogen and oxygen atoms in total. The van der Waals surface area contributed by atoms with Crippen LogP contribution in [0.15, 0.2) is 23.3 Å². The van der Waals surface area contributed by atoms with E-state index in [-0.39, 0.29) is 10.7 Å². The molecule has 0 aliphatic carbocycles. The summed E-state index contributed by atoms with van der Waals surface area (Å²) in [5.74, 6) is -1.11. The first kappa shape index (κ1) is 11.5. The molecular formula is C11H10N2O3S. The number of aromatic nitrogens is 2. The molecule has 1 N–H and O–H groups in total. The Balaban J connectivity index is 2.63. The van der Waals surface area contributed by atoms with Crippen LogP contribution in [0.4, 0.5) is 0 Å². The molecule has 0 radical (unpaired) electrons. The molecule has 6 heteroatoms. The predicted molar refractivity (Wildman–Crippen MR) is 60.3 cm³/mol. The normalized spacial score (nSPS) is 10.5. The van der Waals surface area contributed by atoms with Gasteiger partial charge in [-0.15, -0.1) is 0 Å². The topological polar surface area (TPSA) is 76.9 Å². The van der Waals surface area contributed by atoms with Gasteiger partial charge in [-0.05, 0) is 42.4 Å². The molecule has 2 rings (SSSR count). The van der Waals surface area contributed by atoms with Crippen molar-refractivity contribution in [3.63, 3.8) is 0 Å². The number of pyridine rings is 1. The molecular weight excluding hydrogens is 240 g/mol. The van der Waals surface area contributed by atoms with Crippen molar-refractivity contribution in [2.75, 3.05) is 0 Å².